The van der Waals surface area contributed by atoms with Gasteiger partial charge < -0.3 is 5.11 Å². The highest BCUT2D eigenvalue weighted by molar-refractivity contribution is 5.29. The Morgan fingerprint density at radius 3 is 2.56 bits per heavy atom. The molecule has 0 aromatic carbocycles. The van der Waals surface area contributed by atoms with E-state index in [4.69, 9.17) is 0 Å². The Bertz CT molecular complexity index is 175. The molecular formula is C8H11O-. The van der Waals surface area contributed by atoms with Crippen LogP contribution in [0.25, 0.3) is 0 Å². The minimum atomic E-state index is 0.251. The normalized spacial score (nSPS) is 20.0. The van der Waals surface area contributed by atoms with E-state index in [1.54, 1.807) is 0 Å². The molecule has 0 amide bonds. The molecule has 0 aromatic rings. The molecule has 0 spiro atoms. The first-order chi connectivity index (χ1) is 4.22. The Balaban J connectivity index is 2.88. The molecule has 50 valence electrons. The summed E-state index contributed by atoms with van der Waals surface area (Å²) in [7, 11) is 0. The largest absolute Gasteiger partial charge is 0.872 e. The standard InChI is InChI=1S/C8H12O/c1-6-4-3-5-7(2)8(6)9/h4,9H,3,5H2,1-2H3/p-1. The number of hydrogen-bond acceptors (Lipinski definition) is 1. The summed E-state index contributed by atoms with van der Waals surface area (Å²) in [6, 6.07) is 0. The zero-order chi connectivity index (χ0) is 6.85. The Kier molecular flexibility index (Phi) is 1.60. The summed E-state index contributed by atoms with van der Waals surface area (Å²) in [5.41, 5.74) is 1.92. The van der Waals surface area contributed by atoms with Crippen LogP contribution in [0.1, 0.15) is 26.7 Å². The van der Waals surface area contributed by atoms with E-state index in [0.29, 0.717) is 0 Å². The van der Waals surface area contributed by atoms with Gasteiger partial charge in [0.1, 0.15) is 0 Å². The van der Waals surface area contributed by atoms with Gasteiger partial charge in [-0.25, -0.2) is 0 Å². The SMILES string of the molecule is CC1=CCCC(C)=C1[O-]. The van der Waals surface area contributed by atoms with Crippen LogP contribution in [0, 0.1) is 0 Å². The Morgan fingerprint density at radius 1 is 1.44 bits per heavy atom. The maximum absolute atomic E-state index is 11.0. The lowest BCUT2D eigenvalue weighted by atomic mass is 10.00. The Hall–Kier alpha value is -0.720. The second-order valence-electron chi connectivity index (χ2n) is 2.54. The molecule has 1 aliphatic rings. The third-order valence-corrected chi connectivity index (χ3v) is 1.72. The van der Waals surface area contributed by atoms with Crippen LogP contribution < -0.4 is 5.11 Å². The van der Waals surface area contributed by atoms with Gasteiger partial charge in [0.15, 0.2) is 0 Å². The lowest BCUT2D eigenvalue weighted by Crippen LogP contribution is -2.10. The van der Waals surface area contributed by atoms with Crippen molar-refractivity contribution in [2.24, 2.45) is 0 Å². The van der Waals surface area contributed by atoms with Gasteiger partial charge in [-0.05, 0) is 26.7 Å². The molecule has 1 heteroatoms. The van der Waals surface area contributed by atoms with Crippen LogP contribution in [0.2, 0.25) is 0 Å². The molecule has 0 bridgehead atoms. The van der Waals surface area contributed by atoms with Crippen LogP contribution in [0.15, 0.2) is 23.0 Å². The summed E-state index contributed by atoms with van der Waals surface area (Å²) in [5.74, 6) is 0.251. The molecule has 0 saturated heterocycles. The maximum Gasteiger partial charge on any atom is -0.0291 e. The van der Waals surface area contributed by atoms with Crippen LogP contribution in [0.5, 0.6) is 0 Å². The molecule has 1 nitrogen and oxygen atoms in total. The zero-order valence-corrected chi connectivity index (χ0v) is 5.90. The van der Waals surface area contributed by atoms with Crippen LogP contribution in [-0.2, 0) is 0 Å². The molecule has 0 radical (unpaired) electrons. The number of rotatable bonds is 0. The van der Waals surface area contributed by atoms with Gasteiger partial charge in [0.25, 0.3) is 0 Å². The minimum Gasteiger partial charge on any atom is -0.872 e. The van der Waals surface area contributed by atoms with Gasteiger partial charge in [0, 0.05) is 0 Å². The second kappa shape index (κ2) is 2.26. The van der Waals surface area contributed by atoms with Crippen LogP contribution in [0.4, 0.5) is 0 Å². The number of hydrogen-bond donors (Lipinski definition) is 0. The molecule has 0 fully saturated rings. The fourth-order valence-corrected chi connectivity index (χ4v) is 1.05. The molecule has 0 aromatic heterocycles. The topological polar surface area (TPSA) is 23.1 Å². The second-order valence-corrected chi connectivity index (χ2v) is 2.54. The Labute approximate surface area is 55.7 Å². The van der Waals surface area contributed by atoms with Crippen molar-refractivity contribution in [2.45, 2.75) is 26.7 Å². The summed E-state index contributed by atoms with van der Waals surface area (Å²) in [4.78, 5) is 0. The lowest BCUT2D eigenvalue weighted by Gasteiger charge is -2.21. The first-order valence-electron chi connectivity index (χ1n) is 3.25. The molecule has 0 heterocycles. The van der Waals surface area contributed by atoms with E-state index in [-0.39, 0.29) is 5.76 Å². The first kappa shape index (κ1) is 6.40. The highest BCUT2D eigenvalue weighted by atomic mass is 16.3. The van der Waals surface area contributed by atoms with Crippen LogP contribution in [0.3, 0.4) is 0 Å². The quantitative estimate of drug-likeness (QED) is 0.477. The van der Waals surface area contributed by atoms with E-state index in [1.165, 1.54) is 0 Å². The van der Waals surface area contributed by atoms with Crippen molar-refractivity contribution in [2.75, 3.05) is 0 Å². The summed E-state index contributed by atoms with van der Waals surface area (Å²) in [5, 5.41) is 11.0. The van der Waals surface area contributed by atoms with E-state index in [0.717, 1.165) is 24.0 Å². The summed E-state index contributed by atoms with van der Waals surface area (Å²) >= 11 is 0. The molecule has 1 rings (SSSR count). The highest BCUT2D eigenvalue weighted by Gasteiger charge is 1.98. The van der Waals surface area contributed by atoms with Crippen molar-refractivity contribution in [1.29, 1.82) is 0 Å². The maximum atomic E-state index is 11.0. The van der Waals surface area contributed by atoms with Gasteiger partial charge in [0.05, 0.1) is 0 Å². The van der Waals surface area contributed by atoms with Crippen molar-refractivity contribution in [3.05, 3.63) is 23.0 Å². The zero-order valence-electron chi connectivity index (χ0n) is 5.90. The smallest absolute Gasteiger partial charge is 0.0291 e. The van der Waals surface area contributed by atoms with E-state index >= 15 is 0 Å². The highest BCUT2D eigenvalue weighted by Crippen LogP contribution is 2.19. The third-order valence-electron chi connectivity index (χ3n) is 1.72. The third kappa shape index (κ3) is 1.15. The van der Waals surface area contributed by atoms with E-state index in [1.807, 2.05) is 19.9 Å². The molecule has 1 aliphatic carbocycles. The molecular weight excluding hydrogens is 112 g/mol. The average Bonchev–Trinajstić information content (AvgIpc) is 1.83. The van der Waals surface area contributed by atoms with Gasteiger partial charge in [-0.15, -0.1) is 5.76 Å². The molecule has 0 aliphatic heterocycles. The predicted octanol–water partition coefficient (Wildman–Crippen LogP) is 1.36. The summed E-state index contributed by atoms with van der Waals surface area (Å²) < 4.78 is 0. The van der Waals surface area contributed by atoms with Gasteiger partial charge in [-0.1, -0.05) is 17.2 Å². The van der Waals surface area contributed by atoms with E-state index in [2.05, 4.69) is 0 Å². The van der Waals surface area contributed by atoms with Gasteiger partial charge >= 0.3 is 0 Å². The number of allylic oxidation sites excluding steroid dienone is 3. The van der Waals surface area contributed by atoms with Crippen molar-refractivity contribution in [1.82, 2.24) is 0 Å². The lowest BCUT2D eigenvalue weighted by molar-refractivity contribution is -0.299. The van der Waals surface area contributed by atoms with Crippen LogP contribution >= 0.6 is 0 Å². The molecule has 0 atom stereocenters. The monoisotopic (exact) mass is 123 g/mol. The summed E-state index contributed by atoms with van der Waals surface area (Å²) in [6.07, 6.45) is 4.01. The molecule has 9 heavy (non-hydrogen) atoms. The fourth-order valence-electron chi connectivity index (χ4n) is 1.05. The van der Waals surface area contributed by atoms with Gasteiger partial charge in [-0.3, -0.25) is 0 Å². The molecule has 0 N–H and O–H groups in total. The van der Waals surface area contributed by atoms with Crippen molar-refractivity contribution in [3.63, 3.8) is 0 Å². The Morgan fingerprint density at radius 2 is 2.11 bits per heavy atom. The molecule has 0 unspecified atom stereocenters. The van der Waals surface area contributed by atoms with E-state index < -0.39 is 0 Å². The minimum absolute atomic E-state index is 0.251. The summed E-state index contributed by atoms with van der Waals surface area (Å²) in [6.45, 7) is 3.80. The predicted molar refractivity (Wildman–Crippen MR) is 35.7 cm³/mol. The first-order valence-corrected chi connectivity index (χ1v) is 3.25. The van der Waals surface area contributed by atoms with Crippen LogP contribution in [-0.4, -0.2) is 0 Å². The van der Waals surface area contributed by atoms with Gasteiger partial charge in [0.2, 0.25) is 0 Å². The van der Waals surface area contributed by atoms with Crippen molar-refractivity contribution >= 4 is 0 Å². The van der Waals surface area contributed by atoms with Gasteiger partial charge in [-0.2, -0.15) is 0 Å². The average molecular weight is 123 g/mol. The van der Waals surface area contributed by atoms with Crippen molar-refractivity contribution < 1.29 is 5.11 Å². The van der Waals surface area contributed by atoms with E-state index in [9.17, 15) is 5.11 Å². The fraction of sp³-hybridized carbons (Fsp3) is 0.500. The van der Waals surface area contributed by atoms with Crippen molar-refractivity contribution in [3.8, 4) is 0 Å². The molecule has 0 saturated carbocycles.